The Morgan fingerprint density at radius 1 is 1.20 bits per heavy atom. The molecule has 1 aliphatic rings. The van der Waals surface area contributed by atoms with Gasteiger partial charge in [-0.2, -0.15) is 4.98 Å². The highest BCUT2D eigenvalue weighted by Crippen LogP contribution is 2.38. The molecule has 0 N–H and O–H groups in total. The number of aromatic nitrogens is 2. The largest absolute Gasteiger partial charge is 0.334 e. The van der Waals surface area contributed by atoms with Crippen molar-refractivity contribution in [3.05, 3.63) is 35.7 Å². The van der Waals surface area contributed by atoms with Crippen LogP contribution in [0.5, 0.6) is 0 Å². The zero-order valence-electron chi connectivity index (χ0n) is 8.60. The molecule has 0 aliphatic heterocycles. The van der Waals surface area contributed by atoms with E-state index in [-0.39, 0.29) is 0 Å². The predicted molar refractivity (Wildman–Crippen MR) is 56.4 cm³/mol. The molecule has 0 saturated heterocycles. The summed E-state index contributed by atoms with van der Waals surface area (Å²) in [6.07, 6.45) is 2.40. The molecular formula is C12H12N2O. The second kappa shape index (κ2) is 3.19. The zero-order valence-corrected chi connectivity index (χ0v) is 8.60. The smallest absolute Gasteiger partial charge is 0.257 e. The van der Waals surface area contributed by atoms with Crippen LogP contribution in [0, 0.1) is 6.92 Å². The lowest BCUT2D eigenvalue weighted by Crippen LogP contribution is -1.82. The number of hydrogen-bond acceptors (Lipinski definition) is 3. The van der Waals surface area contributed by atoms with Gasteiger partial charge in [-0.15, -0.1) is 0 Å². The Kier molecular flexibility index (Phi) is 1.84. The summed E-state index contributed by atoms with van der Waals surface area (Å²) in [5, 5.41) is 3.99. The first-order valence-corrected chi connectivity index (χ1v) is 5.23. The SMILES string of the molecule is Cc1ccc(-c2nc(C3CC3)no2)cc1. The van der Waals surface area contributed by atoms with Gasteiger partial charge in [-0.25, -0.2) is 0 Å². The van der Waals surface area contributed by atoms with E-state index in [1.54, 1.807) is 0 Å². The van der Waals surface area contributed by atoms with Crippen molar-refractivity contribution in [2.45, 2.75) is 25.7 Å². The van der Waals surface area contributed by atoms with Gasteiger partial charge >= 0.3 is 0 Å². The molecule has 1 saturated carbocycles. The van der Waals surface area contributed by atoms with E-state index < -0.39 is 0 Å². The van der Waals surface area contributed by atoms with Crippen LogP contribution in [0.3, 0.4) is 0 Å². The molecule has 1 heterocycles. The van der Waals surface area contributed by atoms with Crippen LogP contribution >= 0.6 is 0 Å². The predicted octanol–water partition coefficient (Wildman–Crippen LogP) is 2.92. The van der Waals surface area contributed by atoms with E-state index in [0.29, 0.717) is 11.8 Å². The summed E-state index contributed by atoms with van der Waals surface area (Å²) in [5.41, 5.74) is 2.24. The lowest BCUT2D eigenvalue weighted by atomic mass is 10.1. The first kappa shape index (κ1) is 8.65. The van der Waals surface area contributed by atoms with Gasteiger partial charge < -0.3 is 4.52 Å². The van der Waals surface area contributed by atoms with Crippen molar-refractivity contribution < 1.29 is 4.52 Å². The molecule has 1 aliphatic carbocycles. The average Bonchev–Trinajstić information content (AvgIpc) is 2.99. The second-order valence-corrected chi connectivity index (χ2v) is 4.10. The Bertz CT molecular complexity index is 469. The highest BCUT2D eigenvalue weighted by molar-refractivity contribution is 5.53. The molecule has 0 radical (unpaired) electrons. The first-order valence-electron chi connectivity index (χ1n) is 5.23. The van der Waals surface area contributed by atoms with Gasteiger partial charge in [-0.05, 0) is 31.9 Å². The van der Waals surface area contributed by atoms with E-state index in [1.807, 2.05) is 12.1 Å². The van der Waals surface area contributed by atoms with Crippen LogP contribution in [-0.2, 0) is 0 Å². The maximum atomic E-state index is 5.23. The molecule has 3 nitrogen and oxygen atoms in total. The summed E-state index contributed by atoms with van der Waals surface area (Å²) in [5.74, 6) is 2.05. The Balaban J connectivity index is 1.93. The van der Waals surface area contributed by atoms with Crippen LogP contribution in [0.2, 0.25) is 0 Å². The zero-order chi connectivity index (χ0) is 10.3. The van der Waals surface area contributed by atoms with Crippen molar-refractivity contribution in [3.63, 3.8) is 0 Å². The second-order valence-electron chi connectivity index (χ2n) is 4.10. The van der Waals surface area contributed by atoms with Crippen molar-refractivity contribution in [2.24, 2.45) is 0 Å². The molecule has 0 unspecified atom stereocenters. The lowest BCUT2D eigenvalue weighted by Gasteiger charge is -1.94. The summed E-state index contributed by atoms with van der Waals surface area (Å²) in [7, 11) is 0. The topological polar surface area (TPSA) is 38.9 Å². The third-order valence-corrected chi connectivity index (χ3v) is 2.68. The van der Waals surface area contributed by atoms with Gasteiger partial charge in [0.05, 0.1) is 0 Å². The van der Waals surface area contributed by atoms with E-state index in [1.165, 1.54) is 18.4 Å². The maximum absolute atomic E-state index is 5.23. The van der Waals surface area contributed by atoms with E-state index in [0.717, 1.165) is 11.4 Å². The van der Waals surface area contributed by atoms with Gasteiger partial charge in [0.15, 0.2) is 5.82 Å². The maximum Gasteiger partial charge on any atom is 0.257 e. The van der Waals surface area contributed by atoms with Crippen LogP contribution in [0.25, 0.3) is 11.5 Å². The molecule has 1 aromatic heterocycles. The molecule has 1 fully saturated rings. The van der Waals surface area contributed by atoms with Gasteiger partial charge in [0, 0.05) is 11.5 Å². The number of rotatable bonds is 2. The summed E-state index contributed by atoms with van der Waals surface area (Å²) in [4.78, 5) is 4.39. The molecule has 0 spiro atoms. The Labute approximate surface area is 88.1 Å². The van der Waals surface area contributed by atoms with E-state index in [2.05, 4.69) is 29.2 Å². The first-order chi connectivity index (χ1) is 7.33. The van der Waals surface area contributed by atoms with Crippen LogP contribution in [0.1, 0.15) is 30.1 Å². The standard InChI is InChI=1S/C12H12N2O/c1-8-2-4-10(5-3-8)12-13-11(14-15-12)9-6-7-9/h2-5,9H,6-7H2,1H3. The summed E-state index contributed by atoms with van der Waals surface area (Å²) in [6.45, 7) is 2.06. The molecule has 2 aromatic rings. The van der Waals surface area contributed by atoms with E-state index in [4.69, 9.17) is 4.52 Å². The highest BCUT2D eigenvalue weighted by atomic mass is 16.5. The van der Waals surface area contributed by atoms with Gasteiger partial charge in [0.1, 0.15) is 0 Å². The van der Waals surface area contributed by atoms with Crippen LogP contribution < -0.4 is 0 Å². The van der Waals surface area contributed by atoms with Crippen molar-refractivity contribution in [1.29, 1.82) is 0 Å². The minimum atomic E-state index is 0.549. The van der Waals surface area contributed by atoms with Crippen molar-refractivity contribution in [1.82, 2.24) is 10.1 Å². The molecule has 15 heavy (non-hydrogen) atoms. The van der Waals surface area contributed by atoms with Gasteiger partial charge in [-0.3, -0.25) is 0 Å². The summed E-state index contributed by atoms with van der Waals surface area (Å²) >= 11 is 0. The molecule has 0 amide bonds. The fourth-order valence-electron chi connectivity index (χ4n) is 1.56. The minimum absolute atomic E-state index is 0.549. The van der Waals surface area contributed by atoms with Crippen molar-refractivity contribution in [3.8, 4) is 11.5 Å². The molecular weight excluding hydrogens is 188 g/mol. The monoisotopic (exact) mass is 200 g/mol. The number of hydrogen-bond donors (Lipinski definition) is 0. The number of nitrogens with zero attached hydrogens (tertiary/aromatic N) is 2. The fraction of sp³-hybridized carbons (Fsp3) is 0.333. The number of aryl methyl sites for hydroxylation is 1. The summed E-state index contributed by atoms with van der Waals surface area (Å²) in [6, 6.07) is 8.13. The fourth-order valence-corrected chi connectivity index (χ4v) is 1.56. The summed E-state index contributed by atoms with van der Waals surface area (Å²) < 4.78 is 5.23. The quantitative estimate of drug-likeness (QED) is 0.748. The molecule has 3 rings (SSSR count). The van der Waals surface area contributed by atoms with E-state index in [9.17, 15) is 0 Å². The van der Waals surface area contributed by atoms with Gasteiger partial charge in [-0.1, -0.05) is 22.9 Å². The van der Waals surface area contributed by atoms with Crippen LogP contribution in [-0.4, -0.2) is 10.1 Å². The van der Waals surface area contributed by atoms with Gasteiger partial charge in [0.2, 0.25) is 0 Å². The minimum Gasteiger partial charge on any atom is -0.334 e. The van der Waals surface area contributed by atoms with Gasteiger partial charge in [0.25, 0.3) is 5.89 Å². The molecule has 1 aromatic carbocycles. The average molecular weight is 200 g/mol. The normalized spacial score (nSPS) is 15.5. The third kappa shape index (κ3) is 1.65. The molecule has 76 valence electrons. The third-order valence-electron chi connectivity index (χ3n) is 2.68. The van der Waals surface area contributed by atoms with Crippen molar-refractivity contribution >= 4 is 0 Å². The molecule has 0 atom stereocenters. The Hall–Kier alpha value is -1.64. The van der Waals surface area contributed by atoms with Crippen LogP contribution in [0.15, 0.2) is 28.8 Å². The Morgan fingerprint density at radius 2 is 1.93 bits per heavy atom. The van der Waals surface area contributed by atoms with Crippen molar-refractivity contribution in [2.75, 3.05) is 0 Å². The van der Waals surface area contributed by atoms with Crippen LogP contribution in [0.4, 0.5) is 0 Å². The van der Waals surface area contributed by atoms with E-state index >= 15 is 0 Å². The Morgan fingerprint density at radius 3 is 2.60 bits per heavy atom. The molecule has 3 heteroatoms. The highest BCUT2D eigenvalue weighted by Gasteiger charge is 2.28. The number of benzene rings is 1. The molecule has 0 bridgehead atoms. The lowest BCUT2D eigenvalue weighted by molar-refractivity contribution is 0.422.